The summed E-state index contributed by atoms with van der Waals surface area (Å²) in [5, 5.41) is 0. The van der Waals surface area contributed by atoms with E-state index in [9.17, 15) is 14.4 Å². The average molecular weight is 469 g/mol. The van der Waals surface area contributed by atoms with Gasteiger partial charge in [0.25, 0.3) is 0 Å². The monoisotopic (exact) mass is 468 g/mol. The molecule has 7 nitrogen and oxygen atoms in total. The second kappa shape index (κ2) is 11.8. The van der Waals surface area contributed by atoms with Crippen molar-refractivity contribution < 1.29 is 23.9 Å². The molecular weight excluding hydrogens is 440 g/mol. The normalized spacial score (nSPS) is 16.2. The highest BCUT2D eigenvalue weighted by Crippen LogP contribution is 2.24. The Bertz CT molecular complexity index is 712. The first-order chi connectivity index (χ1) is 13.9. The number of nitrogens with zero attached hydrogens (tertiary/aromatic N) is 2. The van der Waals surface area contributed by atoms with E-state index in [1.165, 1.54) is 4.90 Å². The van der Waals surface area contributed by atoms with Crippen LogP contribution in [0.2, 0.25) is 0 Å². The molecule has 1 aromatic rings. The summed E-state index contributed by atoms with van der Waals surface area (Å²) in [6.07, 6.45) is 2.36. The lowest BCUT2D eigenvalue weighted by Gasteiger charge is -2.32. The van der Waals surface area contributed by atoms with E-state index in [4.69, 9.17) is 9.47 Å². The smallest absolute Gasteiger partial charge is 0.310 e. The van der Waals surface area contributed by atoms with Crippen molar-refractivity contribution in [3.8, 4) is 5.75 Å². The number of rotatable bonds is 9. The van der Waals surface area contributed by atoms with E-state index in [2.05, 4.69) is 15.9 Å². The van der Waals surface area contributed by atoms with E-state index >= 15 is 0 Å². The summed E-state index contributed by atoms with van der Waals surface area (Å²) in [7, 11) is 1.63. The molecular formula is C21H29BrN2O5. The van der Waals surface area contributed by atoms with Crippen LogP contribution in [0.25, 0.3) is 0 Å². The van der Waals surface area contributed by atoms with Crippen molar-refractivity contribution in [1.29, 1.82) is 0 Å². The summed E-state index contributed by atoms with van der Waals surface area (Å²) in [5.41, 5.74) is 0. The number of ether oxygens (including phenoxy) is 2. The van der Waals surface area contributed by atoms with Gasteiger partial charge in [-0.2, -0.15) is 0 Å². The van der Waals surface area contributed by atoms with Gasteiger partial charge < -0.3 is 19.3 Å². The lowest BCUT2D eigenvalue weighted by atomic mass is 9.98. The Morgan fingerprint density at radius 1 is 1.28 bits per heavy atom. The summed E-state index contributed by atoms with van der Waals surface area (Å²) >= 11 is 3.42. The fourth-order valence-electron chi connectivity index (χ4n) is 3.21. The fraction of sp³-hybridized carbons (Fsp3) is 0.571. The summed E-state index contributed by atoms with van der Waals surface area (Å²) in [4.78, 5) is 39.9. The van der Waals surface area contributed by atoms with Crippen LogP contribution < -0.4 is 4.74 Å². The Kier molecular flexibility index (Phi) is 9.44. The van der Waals surface area contributed by atoms with Gasteiger partial charge in [0.1, 0.15) is 5.75 Å². The van der Waals surface area contributed by atoms with Gasteiger partial charge in [0, 0.05) is 26.6 Å². The number of esters is 1. The van der Waals surface area contributed by atoms with Gasteiger partial charge in [-0.25, -0.2) is 0 Å². The molecule has 1 saturated heterocycles. The number of likely N-dealkylation sites (tertiary alicyclic amines) is 1. The summed E-state index contributed by atoms with van der Waals surface area (Å²) < 4.78 is 11.6. The third kappa shape index (κ3) is 7.34. The van der Waals surface area contributed by atoms with E-state index in [-0.39, 0.29) is 30.2 Å². The van der Waals surface area contributed by atoms with Crippen molar-refractivity contribution in [2.45, 2.75) is 32.6 Å². The highest BCUT2D eigenvalue weighted by molar-refractivity contribution is 9.10. The number of hydrogen-bond acceptors (Lipinski definition) is 5. The van der Waals surface area contributed by atoms with Crippen LogP contribution in [0.4, 0.5) is 0 Å². The maximum absolute atomic E-state index is 12.5. The van der Waals surface area contributed by atoms with Crippen molar-refractivity contribution in [1.82, 2.24) is 9.80 Å². The Labute approximate surface area is 180 Å². The van der Waals surface area contributed by atoms with Crippen molar-refractivity contribution >= 4 is 33.7 Å². The number of para-hydroxylation sites is 1. The predicted molar refractivity (Wildman–Crippen MR) is 112 cm³/mol. The lowest BCUT2D eigenvalue weighted by molar-refractivity contribution is -0.152. The second-order valence-corrected chi connectivity index (χ2v) is 7.92. The molecule has 1 aliphatic heterocycles. The molecule has 0 aromatic heterocycles. The van der Waals surface area contributed by atoms with Crippen molar-refractivity contribution in [2.24, 2.45) is 5.92 Å². The predicted octanol–water partition coefficient (Wildman–Crippen LogP) is 2.87. The van der Waals surface area contributed by atoms with Gasteiger partial charge in [-0.15, -0.1) is 0 Å². The van der Waals surface area contributed by atoms with Crippen LogP contribution in [0.1, 0.15) is 32.6 Å². The van der Waals surface area contributed by atoms with Gasteiger partial charge in [-0.1, -0.05) is 12.1 Å². The minimum atomic E-state index is -0.275. The number of hydrogen-bond donors (Lipinski definition) is 0. The van der Waals surface area contributed by atoms with Crippen molar-refractivity contribution in [2.75, 3.05) is 39.9 Å². The van der Waals surface area contributed by atoms with E-state index in [0.29, 0.717) is 39.1 Å². The van der Waals surface area contributed by atoms with Gasteiger partial charge >= 0.3 is 5.97 Å². The van der Waals surface area contributed by atoms with Gasteiger partial charge in [0.15, 0.2) is 0 Å². The molecule has 1 heterocycles. The van der Waals surface area contributed by atoms with Gasteiger partial charge in [-0.3, -0.25) is 14.4 Å². The van der Waals surface area contributed by atoms with E-state index in [1.807, 2.05) is 24.3 Å². The lowest BCUT2D eigenvalue weighted by Crippen LogP contribution is -2.47. The molecule has 160 valence electrons. The highest BCUT2D eigenvalue weighted by atomic mass is 79.9. The van der Waals surface area contributed by atoms with Gasteiger partial charge in [0.2, 0.25) is 11.8 Å². The number of amides is 2. The molecule has 2 amide bonds. The topological polar surface area (TPSA) is 76.2 Å². The molecule has 0 spiro atoms. The third-order valence-corrected chi connectivity index (χ3v) is 5.48. The first-order valence-corrected chi connectivity index (χ1v) is 10.8. The number of halogens is 1. The Morgan fingerprint density at radius 2 is 2.03 bits per heavy atom. The largest absolute Gasteiger partial charge is 0.492 e. The number of piperidine rings is 1. The summed E-state index contributed by atoms with van der Waals surface area (Å²) in [6, 6.07) is 7.55. The Balaban J connectivity index is 1.71. The number of likely N-dealkylation sites (N-methyl/N-ethyl adjacent to an activating group) is 1. The Morgan fingerprint density at radius 3 is 2.76 bits per heavy atom. The highest BCUT2D eigenvalue weighted by Gasteiger charge is 2.30. The molecule has 0 aliphatic carbocycles. The molecule has 0 N–H and O–H groups in total. The minimum absolute atomic E-state index is 0.0134. The van der Waals surface area contributed by atoms with Crippen molar-refractivity contribution in [3.05, 3.63) is 28.7 Å². The van der Waals surface area contributed by atoms with E-state index in [0.717, 1.165) is 23.1 Å². The van der Waals surface area contributed by atoms with Crippen LogP contribution in [0.3, 0.4) is 0 Å². The van der Waals surface area contributed by atoms with Gasteiger partial charge in [0.05, 0.1) is 30.1 Å². The minimum Gasteiger partial charge on any atom is -0.492 e. The van der Waals surface area contributed by atoms with Crippen LogP contribution >= 0.6 is 15.9 Å². The fourth-order valence-corrected chi connectivity index (χ4v) is 3.60. The van der Waals surface area contributed by atoms with E-state index in [1.54, 1.807) is 18.9 Å². The number of benzene rings is 1. The molecule has 29 heavy (non-hydrogen) atoms. The zero-order valence-electron chi connectivity index (χ0n) is 17.1. The molecule has 1 aliphatic rings. The van der Waals surface area contributed by atoms with E-state index < -0.39 is 0 Å². The standard InChI is InChI=1S/C21H29BrN2O5/c1-3-28-21(27)16-8-6-12-24(14-16)20(26)15-23(2)19(25)11-7-13-29-18-10-5-4-9-17(18)22/h4-5,9-10,16H,3,6-8,11-15H2,1-2H3. The average Bonchev–Trinajstić information content (AvgIpc) is 2.72. The molecule has 8 heteroatoms. The van der Waals surface area contributed by atoms with Crippen LogP contribution in [0, 0.1) is 5.92 Å². The third-order valence-electron chi connectivity index (χ3n) is 4.82. The summed E-state index contributed by atoms with van der Waals surface area (Å²) in [6.45, 7) is 3.51. The van der Waals surface area contributed by atoms with Crippen molar-refractivity contribution in [3.63, 3.8) is 0 Å². The maximum atomic E-state index is 12.5. The zero-order chi connectivity index (χ0) is 21.2. The summed E-state index contributed by atoms with van der Waals surface area (Å²) in [5.74, 6) is -0.0281. The molecule has 0 saturated carbocycles. The van der Waals surface area contributed by atoms with Crippen LogP contribution in [-0.4, -0.2) is 67.5 Å². The molecule has 0 radical (unpaired) electrons. The quantitative estimate of drug-likeness (QED) is 0.411. The first kappa shape index (κ1) is 23.2. The number of carbonyl (C=O) groups excluding carboxylic acids is 3. The van der Waals surface area contributed by atoms with Crippen LogP contribution in [0.15, 0.2) is 28.7 Å². The van der Waals surface area contributed by atoms with Crippen LogP contribution in [0.5, 0.6) is 5.75 Å². The van der Waals surface area contributed by atoms with Gasteiger partial charge in [-0.05, 0) is 54.2 Å². The number of carbonyl (C=O) groups is 3. The molecule has 1 unspecified atom stereocenters. The molecule has 0 bridgehead atoms. The first-order valence-electron chi connectivity index (χ1n) is 9.98. The Hall–Kier alpha value is -2.09. The molecule has 1 aromatic carbocycles. The van der Waals surface area contributed by atoms with Crippen LogP contribution in [-0.2, 0) is 19.1 Å². The molecule has 1 atom stereocenters. The molecule has 1 fully saturated rings. The second-order valence-electron chi connectivity index (χ2n) is 7.06. The molecule has 2 rings (SSSR count). The zero-order valence-corrected chi connectivity index (χ0v) is 18.7. The SMILES string of the molecule is CCOC(=O)C1CCCN(C(=O)CN(C)C(=O)CCCOc2ccccc2Br)C1. The maximum Gasteiger partial charge on any atom is 0.310 e.